The van der Waals surface area contributed by atoms with Crippen molar-refractivity contribution in [3.05, 3.63) is 42.2 Å². The molecular weight excluding hydrogens is 320 g/mol. The van der Waals surface area contributed by atoms with E-state index in [0.29, 0.717) is 25.9 Å². The molecule has 2 amide bonds. The molecule has 8 nitrogen and oxygen atoms in total. The summed E-state index contributed by atoms with van der Waals surface area (Å²) in [5.41, 5.74) is 6.33. The van der Waals surface area contributed by atoms with E-state index >= 15 is 0 Å². The van der Waals surface area contributed by atoms with Crippen LogP contribution in [0.15, 0.2) is 36.7 Å². The monoisotopic (exact) mass is 342 g/mol. The Kier molecular flexibility index (Phi) is 5.37. The van der Waals surface area contributed by atoms with Gasteiger partial charge in [0.15, 0.2) is 0 Å². The third-order valence-corrected chi connectivity index (χ3v) is 4.66. The van der Waals surface area contributed by atoms with Gasteiger partial charge >= 0.3 is 0 Å². The number of nitrogens with two attached hydrogens (primary N) is 1. The van der Waals surface area contributed by atoms with Gasteiger partial charge in [-0.25, -0.2) is 4.68 Å². The quantitative estimate of drug-likeness (QED) is 0.826. The second kappa shape index (κ2) is 7.87. The molecule has 2 N–H and O–H groups in total. The van der Waals surface area contributed by atoms with Crippen LogP contribution in [0, 0.1) is 5.92 Å². The fourth-order valence-corrected chi connectivity index (χ4v) is 3.30. The molecule has 3 rings (SSSR count). The SMILES string of the molecule is NC(=O)CC1CCN(C(=O)[C@@H](Cc2ccccc2)n2cnnn2)CC1. The van der Waals surface area contributed by atoms with Gasteiger partial charge in [0.05, 0.1) is 0 Å². The summed E-state index contributed by atoms with van der Waals surface area (Å²) in [5.74, 6) is -0.00346. The molecule has 2 heterocycles. The van der Waals surface area contributed by atoms with Crippen LogP contribution in [0.3, 0.4) is 0 Å². The van der Waals surface area contributed by atoms with Crippen LogP contribution in [0.2, 0.25) is 0 Å². The number of nitrogens with zero attached hydrogens (tertiary/aromatic N) is 5. The van der Waals surface area contributed by atoms with E-state index in [0.717, 1.165) is 18.4 Å². The van der Waals surface area contributed by atoms with Crippen molar-refractivity contribution in [3.63, 3.8) is 0 Å². The first kappa shape index (κ1) is 17.1. The summed E-state index contributed by atoms with van der Waals surface area (Å²) in [6.07, 6.45) is 3.99. The smallest absolute Gasteiger partial charge is 0.247 e. The standard InChI is InChI=1S/C17H22N6O2/c18-16(24)11-14-6-8-22(9-7-14)17(25)15(23-12-19-20-21-23)10-13-4-2-1-3-5-13/h1-5,12,14-15H,6-11H2,(H2,18,24)/t15-/m1/s1. The van der Waals surface area contributed by atoms with E-state index in [2.05, 4.69) is 15.5 Å². The predicted molar refractivity (Wildman–Crippen MR) is 90.1 cm³/mol. The zero-order chi connectivity index (χ0) is 17.6. The Morgan fingerprint density at radius 1 is 1.20 bits per heavy atom. The molecule has 1 saturated heterocycles. The first-order valence-electron chi connectivity index (χ1n) is 8.47. The predicted octanol–water partition coefficient (Wildman–Crippen LogP) is 0.571. The summed E-state index contributed by atoms with van der Waals surface area (Å²) in [7, 11) is 0. The molecule has 0 saturated carbocycles. The molecular formula is C17H22N6O2. The summed E-state index contributed by atoms with van der Waals surface area (Å²) >= 11 is 0. The highest BCUT2D eigenvalue weighted by molar-refractivity contribution is 5.81. The van der Waals surface area contributed by atoms with Crippen LogP contribution in [-0.2, 0) is 16.0 Å². The van der Waals surface area contributed by atoms with Crippen LogP contribution in [0.5, 0.6) is 0 Å². The molecule has 0 radical (unpaired) electrons. The minimum atomic E-state index is -0.468. The molecule has 1 atom stereocenters. The Hall–Kier alpha value is -2.77. The Morgan fingerprint density at radius 2 is 1.92 bits per heavy atom. The fourth-order valence-electron chi connectivity index (χ4n) is 3.30. The van der Waals surface area contributed by atoms with Crippen molar-refractivity contribution in [2.45, 2.75) is 31.7 Å². The van der Waals surface area contributed by atoms with Crippen LogP contribution in [-0.4, -0.2) is 50.0 Å². The van der Waals surface area contributed by atoms with Crippen molar-refractivity contribution in [2.75, 3.05) is 13.1 Å². The highest BCUT2D eigenvalue weighted by Crippen LogP contribution is 2.23. The number of piperidine rings is 1. The van der Waals surface area contributed by atoms with Crippen molar-refractivity contribution in [1.29, 1.82) is 0 Å². The molecule has 1 fully saturated rings. The van der Waals surface area contributed by atoms with E-state index in [1.807, 2.05) is 35.2 Å². The number of aromatic nitrogens is 4. The highest BCUT2D eigenvalue weighted by atomic mass is 16.2. The Bertz CT molecular complexity index is 695. The first-order chi connectivity index (χ1) is 12.1. The van der Waals surface area contributed by atoms with E-state index in [-0.39, 0.29) is 17.7 Å². The number of primary amides is 1. The van der Waals surface area contributed by atoms with Crippen molar-refractivity contribution < 1.29 is 9.59 Å². The number of amides is 2. The number of carbonyl (C=O) groups excluding carboxylic acids is 2. The van der Waals surface area contributed by atoms with Gasteiger partial charge in [0, 0.05) is 25.9 Å². The topological polar surface area (TPSA) is 107 Å². The van der Waals surface area contributed by atoms with E-state index in [1.165, 1.54) is 11.0 Å². The summed E-state index contributed by atoms with van der Waals surface area (Å²) in [4.78, 5) is 26.0. The lowest BCUT2D eigenvalue weighted by molar-refractivity contribution is -0.136. The number of rotatable bonds is 6. The molecule has 1 aliphatic rings. The van der Waals surface area contributed by atoms with Crippen molar-refractivity contribution in [3.8, 4) is 0 Å². The van der Waals surface area contributed by atoms with Gasteiger partial charge in [-0.3, -0.25) is 9.59 Å². The normalized spacial score (nSPS) is 16.6. The average molecular weight is 342 g/mol. The van der Waals surface area contributed by atoms with Gasteiger partial charge in [0.2, 0.25) is 11.8 Å². The maximum Gasteiger partial charge on any atom is 0.247 e. The van der Waals surface area contributed by atoms with E-state index in [4.69, 9.17) is 5.73 Å². The number of tetrazole rings is 1. The van der Waals surface area contributed by atoms with Crippen LogP contribution in [0.25, 0.3) is 0 Å². The molecule has 25 heavy (non-hydrogen) atoms. The third-order valence-electron chi connectivity index (χ3n) is 4.66. The molecule has 0 spiro atoms. The number of carbonyl (C=O) groups is 2. The average Bonchev–Trinajstić information content (AvgIpc) is 3.14. The summed E-state index contributed by atoms with van der Waals surface area (Å²) in [6.45, 7) is 1.26. The molecule has 1 aliphatic heterocycles. The lowest BCUT2D eigenvalue weighted by atomic mass is 9.92. The fraction of sp³-hybridized carbons (Fsp3) is 0.471. The van der Waals surface area contributed by atoms with Crippen LogP contribution >= 0.6 is 0 Å². The van der Waals surface area contributed by atoms with Gasteiger partial charge in [-0.1, -0.05) is 30.3 Å². The molecule has 2 aromatic rings. The lowest BCUT2D eigenvalue weighted by Crippen LogP contribution is -2.43. The maximum atomic E-state index is 13.0. The summed E-state index contributed by atoms with van der Waals surface area (Å²) in [5, 5.41) is 11.3. The van der Waals surface area contributed by atoms with Gasteiger partial charge < -0.3 is 10.6 Å². The van der Waals surface area contributed by atoms with Crippen molar-refractivity contribution >= 4 is 11.8 Å². The lowest BCUT2D eigenvalue weighted by Gasteiger charge is -2.33. The molecule has 0 bridgehead atoms. The van der Waals surface area contributed by atoms with E-state index in [1.54, 1.807) is 0 Å². The van der Waals surface area contributed by atoms with Gasteiger partial charge in [0.1, 0.15) is 12.4 Å². The first-order valence-corrected chi connectivity index (χ1v) is 8.47. The molecule has 0 aliphatic carbocycles. The summed E-state index contributed by atoms with van der Waals surface area (Å²) in [6, 6.07) is 9.36. The van der Waals surface area contributed by atoms with Crippen molar-refractivity contribution in [1.82, 2.24) is 25.1 Å². The number of benzene rings is 1. The summed E-state index contributed by atoms with van der Waals surface area (Å²) < 4.78 is 1.52. The van der Waals surface area contributed by atoms with Crippen LogP contribution < -0.4 is 5.73 Å². The van der Waals surface area contributed by atoms with E-state index < -0.39 is 6.04 Å². The highest BCUT2D eigenvalue weighted by Gasteiger charge is 2.30. The van der Waals surface area contributed by atoms with Crippen LogP contribution in [0.4, 0.5) is 0 Å². The van der Waals surface area contributed by atoms with Gasteiger partial charge in [-0.15, -0.1) is 5.10 Å². The van der Waals surface area contributed by atoms with Crippen LogP contribution in [0.1, 0.15) is 30.9 Å². The van der Waals surface area contributed by atoms with Gasteiger partial charge in [0.25, 0.3) is 0 Å². The number of hydrogen-bond donors (Lipinski definition) is 1. The molecule has 8 heteroatoms. The molecule has 1 aromatic heterocycles. The third kappa shape index (κ3) is 4.40. The molecule has 132 valence electrons. The zero-order valence-electron chi connectivity index (χ0n) is 14.0. The Morgan fingerprint density at radius 3 is 2.52 bits per heavy atom. The second-order valence-corrected chi connectivity index (χ2v) is 6.43. The zero-order valence-corrected chi connectivity index (χ0v) is 14.0. The largest absolute Gasteiger partial charge is 0.370 e. The van der Waals surface area contributed by atoms with Gasteiger partial charge in [-0.2, -0.15) is 0 Å². The minimum absolute atomic E-state index is 0.00804. The molecule has 0 unspecified atom stereocenters. The number of hydrogen-bond acceptors (Lipinski definition) is 5. The van der Waals surface area contributed by atoms with Crippen molar-refractivity contribution in [2.24, 2.45) is 11.7 Å². The Balaban J connectivity index is 1.69. The van der Waals surface area contributed by atoms with E-state index in [9.17, 15) is 9.59 Å². The second-order valence-electron chi connectivity index (χ2n) is 6.43. The maximum absolute atomic E-state index is 13.0. The minimum Gasteiger partial charge on any atom is -0.370 e. The number of likely N-dealkylation sites (tertiary alicyclic amines) is 1. The molecule has 1 aromatic carbocycles. The Labute approximate surface area is 146 Å². The van der Waals surface area contributed by atoms with Gasteiger partial charge in [-0.05, 0) is 34.7 Å².